The van der Waals surface area contributed by atoms with Crippen LogP contribution < -0.4 is 0 Å². The van der Waals surface area contributed by atoms with Crippen LogP contribution in [0, 0.1) is 0 Å². The number of thioether (sulfide) groups is 1. The Kier molecular flexibility index (Phi) is 2.50. The molecular weight excluding hydrogens is 236 g/mol. The summed E-state index contributed by atoms with van der Waals surface area (Å²) in [5.41, 5.74) is 0.968. The molecule has 0 atom stereocenters. The first-order valence-electron chi connectivity index (χ1n) is 4.99. The maximum atomic E-state index is 5.92. The molecule has 0 radical (unpaired) electrons. The van der Waals surface area contributed by atoms with Crippen molar-refractivity contribution in [2.75, 3.05) is 6.26 Å². The van der Waals surface area contributed by atoms with Crippen molar-refractivity contribution in [3.8, 4) is 10.6 Å². The molecule has 2 heterocycles. The van der Waals surface area contributed by atoms with E-state index in [1.165, 1.54) is 15.2 Å². The minimum atomic E-state index is 0.968. The first-order chi connectivity index (χ1) is 7.90. The lowest BCUT2D eigenvalue weighted by atomic mass is 10.2. The van der Waals surface area contributed by atoms with Gasteiger partial charge < -0.3 is 4.42 Å². The lowest BCUT2D eigenvalue weighted by molar-refractivity contribution is 0.626. The fraction of sp³-hybridized carbons (Fsp3) is 0.0769. The van der Waals surface area contributed by atoms with Gasteiger partial charge in [0.2, 0.25) is 0 Å². The van der Waals surface area contributed by atoms with Crippen molar-refractivity contribution in [3.05, 3.63) is 41.8 Å². The van der Waals surface area contributed by atoms with Gasteiger partial charge in [-0.05, 0) is 29.8 Å². The van der Waals surface area contributed by atoms with Gasteiger partial charge in [-0.2, -0.15) is 0 Å². The third-order valence-corrected chi connectivity index (χ3v) is 4.18. The van der Waals surface area contributed by atoms with E-state index >= 15 is 0 Å². The van der Waals surface area contributed by atoms with Crippen LogP contribution in [0.4, 0.5) is 0 Å². The number of fused-ring (bicyclic) bond motifs is 1. The van der Waals surface area contributed by atoms with Crippen molar-refractivity contribution in [1.82, 2.24) is 0 Å². The van der Waals surface area contributed by atoms with Gasteiger partial charge in [0.1, 0.15) is 5.58 Å². The summed E-state index contributed by atoms with van der Waals surface area (Å²) in [4.78, 5) is 2.43. The second kappa shape index (κ2) is 4.00. The van der Waals surface area contributed by atoms with Crippen LogP contribution in [0.3, 0.4) is 0 Å². The number of benzene rings is 1. The predicted molar refractivity (Wildman–Crippen MR) is 71.3 cm³/mol. The maximum absolute atomic E-state index is 5.92. The number of hydrogen-bond donors (Lipinski definition) is 0. The van der Waals surface area contributed by atoms with Crippen LogP contribution in [0.2, 0.25) is 0 Å². The second-order valence-electron chi connectivity index (χ2n) is 3.44. The molecule has 0 aliphatic carbocycles. The van der Waals surface area contributed by atoms with Gasteiger partial charge in [0.15, 0.2) is 5.76 Å². The molecule has 1 aromatic carbocycles. The normalized spacial score (nSPS) is 11.1. The number of rotatable bonds is 2. The zero-order valence-corrected chi connectivity index (χ0v) is 10.4. The topological polar surface area (TPSA) is 13.1 Å². The van der Waals surface area contributed by atoms with Crippen molar-refractivity contribution in [3.63, 3.8) is 0 Å². The Hall–Kier alpha value is -1.19. The summed E-state index contributed by atoms with van der Waals surface area (Å²) in [5.74, 6) is 1.00. The lowest BCUT2D eigenvalue weighted by Gasteiger charge is -1.95. The Morgan fingerprint density at radius 2 is 2.00 bits per heavy atom. The molecule has 0 amide bonds. The molecule has 0 N–H and O–H groups in total. The Bertz CT molecular complexity index is 608. The number of hydrogen-bond acceptors (Lipinski definition) is 3. The zero-order valence-electron chi connectivity index (χ0n) is 8.77. The van der Waals surface area contributed by atoms with Crippen LogP contribution >= 0.6 is 23.1 Å². The van der Waals surface area contributed by atoms with E-state index < -0.39 is 0 Å². The smallest absolute Gasteiger partial charge is 0.158 e. The predicted octanol–water partition coefficient (Wildman–Crippen LogP) is 4.88. The summed E-state index contributed by atoms with van der Waals surface area (Å²) in [5, 5.41) is 3.28. The molecule has 0 spiro atoms. The third kappa shape index (κ3) is 1.47. The second-order valence-corrected chi connectivity index (χ2v) is 5.20. The third-order valence-electron chi connectivity index (χ3n) is 2.50. The molecule has 3 heteroatoms. The Morgan fingerprint density at radius 1 is 1.12 bits per heavy atom. The van der Waals surface area contributed by atoms with E-state index in [2.05, 4.69) is 35.9 Å². The molecule has 0 unspecified atom stereocenters. The molecule has 80 valence electrons. The van der Waals surface area contributed by atoms with Crippen LogP contribution in [0.1, 0.15) is 0 Å². The summed E-state index contributed by atoms with van der Waals surface area (Å²) in [7, 11) is 0. The highest BCUT2D eigenvalue weighted by Crippen LogP contribution is 2.40. The average molecular weight is 246 g/mol. The molecular formula is C13H10OS2. The summed E-state index contributed by atoms with van der Waals surface area (Å²) in [6, 6.07) is 12.3. The quantitative estimate of drug-likeness (QED) is 0.598. The summed E-state index contributed by atoms with van der Waals surface area (Å²) >= 11 is 3.46. The molecule has 3 rings (SSSR count). The Balaban J connectivity index is 2.32. The molecule has 0 bridgehead atoms. The number of furan rings is 1. The molecule has 0 saturated heterocycles. The van der Waals surface area contributed by atoms with Gasteiger partial charge >= 0.3 is 0 Å². The van der Waals surface area contributed by atoms with E-state index in [0.717, 1.165) is 11.3 Å². The highest BCUT2D eigenvalue weighted by molar-refractivity contribution is 7.99. The summed E-state index contributed by atoms with van der Waals surface area (Å²) in [6.45, 7) is 0. The van der Waals surface area contributed by atoms with E-state index in [0.29, 0.717) is 0 Å². The van der Waals surface area contributed by atoms with E-state index in [1.807, 2.05) is 12.1 Å². The van der Waals surface area contributed by atoms with Crippen LogP contribution in [0.5, 0.6) is 0 Å². The highest BCUT2D eigenvalue weighted by Gasteiger charge is 2.14. The van der Waals surface area contributed by atoms with Gasteiger partial charge in [-0.25, -0.2) is 0 Å². The minimum absolute atomic E-state index is 0.968. The summed E-state index contributed by atoms with van der Waals surface area (Å²) < 4.78 is 5.92. The van der Waals surface area contributed by atoms with E-state index in [4.69, 9.17) is 4.42 Å². The largest absolute Gasteiger partial charge is 0.454 e. The van der Waals surface area contributed by atoms with E-state index in [9.17, 15) is 0 Å². The monoisotopic (exact) mass is 246 g/mol. The lowest BCUT2D eigenvalue weighted by Crippen LogP contribution is -1.70. The number of thiophene rings is 1. The molecule has 3 aromatic rings. The highest BCUT2D eigenvalue weighted by atomic mass is 32.2. The van der Waals surface area contributed by atoms with Crippen molar-refractivity contribution >= 4 is 34.1 Å². The standard InChI is InChI=1S/C13H10OS2/c1-15-13-9-5-2-3-6-10(9)14-12(13)11-7-4-8-16-11/h2-8H,1H3. The first kappa shape index (κ1) is 10.00. The fourth-order valence-corrected chi connectivity index (χ4v) is 3.30. The van der Waals surface area contributed by atoms with Gasteiger partial charge in [0.05, 0.1) is 9.77 Å². The molecule has 0 aliphatic heterocycles. The van der Waals surface area contributed by atoms with Crippen molar-refractivity contribution in [1.29, 1.82) is 0 Å². The van der Waals surface area contributed by atoms with Gasteiger partial charge in [-0.15, -0.1) is 23.1 Å². The van der Waals surface area contributed by atoms with Crippen molar-refractivity contribution in [2.24, 2.45) is 0 Å². The maximum Gasteiger partial charge on any atom is 0.158 e. The van der Waals surface area contributed by atoms with Gasteiger partial charge in [-0.1, -0.05) is 18.2 Å². The first-order valence-corrected chi connectivity index (χ1v) is 7.10. The van der Waals surface area contributed by atoms with E-state index in [1.54, 1.807) is 23.1 Å². The molecule has 0 fully saturated rings. The van der Waals surface area contributed by atoms with Crippen LogP contribution in [-0.2, 0) is 0 Å². The average Bonchev–Trinajstić information content (AvgIpc) is 2.95. The van der Waals surface area contributed by atoms with Gasteiger partial charge in [0, 0.05) is 5.39 Å². The molecule has 16 heavy (non-hydrogen) atoms. The van der Waals surface area contributed by atoms with Crippen molar-refractivity contribution < 1.29 is 4.42 Å². The molecule has 0 aliphatic rings. The fourth-order valence-electron chi connectivity index (χ4n) is 1.79. The van der Waals surface area contributed by atoms with Crippen molar-refractivity contribution in [2.45, 2.75) is 4.90 Å². The summed E-state index contributed by atoms with van der Waals surface area (Å²) in [6.07, 6.45) is 2.09. The number of para-hydroxylation sites is 1. The van der Waals surface area contributed by atoms with Gasteiger partial charge in [-0.3, -0.25) is 0 Å². The molecule has 2 aromatic heterocycles. The molecule has 0 saturated carbocycles. The minimum Gasteiger partial charge on any atom is -0.454 e. The Morgan fingerprint density at radius 3 is 2.75 bits per heavy atom. The zero-order chi connectivity index (χ0) is 11.0. The van der Waals surface area contributed by atoms with Crippen LogP contribution in [-0.4, -0.2) is 6.26 Å². The molecule has 1 nitrogen and oxygen atoms in total. The van der Waals surface area contributed by atoms with Crippen LogP contribution in [0.25, 0.3) is 21.6 Å². The SMILES string of the molecule is CSc1c(-c2cccs2)oc2ccccc12. The van der Waals surface area contributed by atoms with Crippen LogP contribution in [0.15, 0.2) is 51.1 Å². The van der Waals surface area contributed by atoms with Gasteiger partial charge in [0.25, 0.3) is 0 Å². The van der Waals surface area contributed by atoms with E-state index in [-0.39, 0.29) is 0 Å². The Labute approximate surface area is 102 Å².